The molecule has 0 radical (unpaired) electrons. The van der Waals surface area contributed by atoms with Crippen LogP contribution in [-0.2, 0) is 20.0 Å². The van der Waals surface area contributed by atoms with Gasteiger partial charge in [-0.3, -0.25) is 14.5 Å². The Labute approximate surface area is 112 Å². The molecule has 0 fully saturated rings. The average Bonchev–Trinajstić information content (AvgIpc) is 2.79. The Morgan fingerprint density at radius 1 is 1.37 bits per heavy atom. The van der Waals surface area contributed by atoms with Crippen molar-refractivity contribution in [3.8, 4) is 0 Å². The van der Waals surface area contributed by atoms with E-state index in [1.54, 1.807) is 24.1 Å². The van der Waals surface area contributed by atoms with Crippen molar-refractivity contribution < 1.29 is 4.79 Å². The van der Waals surface area contributed by atoms with Crippen molar-refractivity contribution in [3.63, 3.8) is 0 Å². The van der Waals surface area contributed by atoms with Crippen molar-refractivity contribution in [1.82, 2.24) is 20.1 Å². The van der Waals surface area contributed by atoms with Gasteiger partial charge in [0, 0.05) is 26.0 Å². The van der Waals surface area contributed by atoms with Crippen LogP contribution in [0.5, 0.6) is 0 Å². The number of nitrogens with zero attached hydrogens (tertiary/aromatic N) is 3. The molecule has 0 saturated heterocycles. The fraction of sp³-hybridized carbons (Fsp3) is 0.357. The SMILES string of the molecule is CCCc1cc(C(=O)NCc2ccncc2)n(C)n1. The maximum absolute atomic E-state index is 12.1. The van der Waals surface area contributed by atoms with Gasteiger partial charge in [0.15, 0.2) is 0 Å². The topological polar surface area (TPSA) is 59.8 Å². The number of pyridine rings is 1. The zero-order valence-corrected chi connectivity index (χ0v) is 11.3. The van der Waals surface area contributed by atoms with E-state index in [-0.39, 0.29) is 5.91 Å². The first-order chi connectivity index (χ1) is 9.20. The fourth-order valence-corrected chi connectivity index (χ4v) is 1.89. The summed E-state index contributed by atoms with van der Waals surface area (Å²) in [5.74, 6) is -0.103. The molecular weight excluding hydrogens is 240 g/mol. The Morgan fingerprint density at radius 2 is 2.11 bits per heavy atom. The number of amides is 1. The molecule has 2 aromatic rings. The number of carbonyl (C=O) groups excluding carboxylic acids is 1. The lowest BCUT2D eigenvalue weighted by Gasteiger charge is -2.04. The largest absolute Gasteiger partial charge is 0.347 e. The van der Waals surface area contributed by atoms with Gasteiger partial charge in [-0.05, 0) is 30.2 Å². The molecule has 0 atom stereocenters. The smallest absolute Gasteiger partial charge is 0.269 e. The number of hydrogen-bond donors (Lipinski definition) is 1. The van der Waals surface area contributed by atoms with Gasteiger partial charge in [-0.15, -0.1) is 0 Å². The summed E-state index contributed by atoms with van der Waals surface area (Å²) in [6, 6.07) is 5.61. The molecule has 2 aromatic heterocycles. The summed E-state index contributed by atoms with van der Waals surface area (Å²) in [6.07, 6.45) is 5.34. The van der Waals surface area contributed by atoms with E-state index in [1.807, 2.05) is 18.2 Å². The van der Waals surface area contributed by atoms with Gasteiger partial charge in [0.25, 0.3) is 5.91 Å². The van der Waals surface area contributed by atoms with Crippen molar-refractivity contribution in [3.05, 3.63) is 47.5 Å². The van der Waals surface area contributed by atoms with Crippen LogP contribution in [-0.4, -0.2) is 20.7 Å². The van der Waals surface area contributed by atoms with Crippen LogP contribution in [0.3, 0.4) is 0 Å². The molecule has 1 N–H and O–H groups in total. The van der Waals surface area contributed by atoms with Crippen molar-refractivity contribution >= 4 is 5.91 Å². The van der Waals surface area contributed by atoms with Crippen LogP contribution in [0.25, 0.3) is 0 Å². The summed E-state index contributed by atoms with van der Waals surface area (Å²) < 4.78 is 1.63. The molecule has 0 aliphatic carbocycles. The van der Waals surface area contributed by atoms with Crippen molar-refractivity contribution in [2.45, 2.75) is 26.3 Å². The molecule has 5 heteroatoms. The molecule has 2 rings (SSSR count). The van der Waals surface area contributed by atoms with Crippen LogP contribution in [0.4, 0.5) is 0 Å². The highest BCUT2D eigenvalue weighted by atomic mass is 16.2. The number of nitrogens with one attached hydrogen (secondary N) is 1. The summed E-state index contributed by atoms with van der Waals surface area (Å²) in [7, 11) is 1.79. The lowest BCUT2D eigenvalue weighted by molar-refractivity contribution is 0.0941. The third-order valence-electron chi connectivity index (χ3n) is 2.87. The van der Waals surface area contributed by atoms with E-state index < -0.39 is 0 Å². The predicted octanol–water partition coefficient (Wildman–Crippen LogP) is 1.70. The number of carbonyl (C=O) groups is 1. The molecule has 0 unspecified atom stereocenters. The summed E-state index contributed by atoms with van der Waals surface area (Å²) in [5, 5.41) is 7.21. The molecule has 0 bridgehead atoms. The monoisotopic (exact) mass is 258 g/mol. The van der Waals surface area contributed by atoms with Crippen LogP contribution in [0.1, 0.15) is 35.1 Å². The summed E-state index contributed by atoms with van der Waals surface area (Å²) >= 11 is 0. The van der Waals surface area contributed by atoms with Gasteiger partial charge in [-0.25, -0.2) is 0 Å². The highest BCUT2D eigenvalue weighted by Gasteiger charge is 2.12. The molecule has 100 valence electrons. The van der Waals surface area contributed by atoms with Gasteiger partial charge < -0.3 is 5.32 Å². The van der Waals surface area contributed by atoms with Crippen LogP contribution < -0.4 is 5.32 Å². The highest BCUT2D eigenvalue weighted by Crippen LogP contribution is 2.06. The Hall–Kier alpha value is -2.17. The lowest BCUT2D eigenvalue weighted by Crippen LogP contribution is -2.25. The van der Waals surface area contributed by atoms with Crippen LogP contribution >= 0.6 is 0 Å². The zero-order valence-electron chi connectivity index (χ0n) is 11.3. The average molecular weight is 258 g/mol. The van der Waals surface area contributed by atoms with E-state index in [0.29, 0.717) is 12.2 Å². The second kappa shape index (κ2) is 6.13. The van der Waals surface area contributed by atoms with Gasteiger partial charge >= 0.3 is 0 Å². The van der Waals surface area contributed by atoms with Crippen molar-refractivity contribution in [1.29, 1.82) is 0 Å². The van der Waals surface area contributed by atoms with Crippen molar-refractivity contribution in [2.24, 2.45) is 7.05 Å². The minimum Gasteiger partial charge on any atom is -0.347 e. The number of rotatable bonds is 5. The third-order valence-corrected chi connectivity index (χ3v) is 2.87. The first-order valence-corrected chi connectivity index (χ1v) is 6.40. The Balaban J connectivity index is 2.00. The van der Waals surface area contributed by atoms with Crippen LogP contribution in [0, 0.1) is 0 Å². The molecule has 0 aliphatic rings. The molecule has 0 aromatic carbocycles. The van der Waals surface area contributed by atoms with Gasteiger partial charge in [-0.2, -0.15) is 5.10 Å². The minimum absolute atomic E-state index is 0.103. The number of aromatic nitrogens is 3. The molecule has 0 aliphatic heterocycles. The number of aryl methyl sites for hydroxylation is 2. The normalized spacial score (nSPS) is 10.4. The molecule has 2 heterocycles. The second-order valence-corrected chi connectivity index (χ2v) is 4.43. The summed E-state index contributed by atoms with van der Waals surface area (Å²) in [4.78, 5) is 16.0. The fourth-order valence-electron chi connectivity index (χ4n) is 1.89. The van der Waals surface area contributed by atoms with Crippen LogP contribution in [0.15, 0.2) is 30.6 Å². The molecule has 5 nitrogen and oxygen atoms in total. The highest BCUT2D eigenvalue weighted by molar-refractivity contribution is 5.92. The van der Waals surface area contributed by atoms with E-state index in [0.717, 1.165) is 24.1 Å². The van der Waals surface area contributed by atoms with E-state index in [4.69, 9.17) is 0 Å². The van der Waals surface area contributed by atoms with E-state index in [9.17, 15) is 4.79 Å². The Morgan fingerprint density at radius 3 is 2.79 bits per heavy atom. The van der Waals surface area contributed by atoms with E-state index >= 15 is 0 Å². The van der Waals surface area contributed by atoms with E-state index in [2.05, 4.69) is 22.3 Å². The summed E-state index contributed by atoms with van der Waals surface area (Å²) in [5.41, 5.74) is 2.58. The lowest BCUT2D eigenvalue weighted by atomic mass is 10.2. The van der Waals surface area contributed by atoms with Gasteiger partial charge in [0.1, 0.15) is 5.69 Å². The molecule has 0 saturated carbocycles. The van der Waals surface area contributed by atoms with Gasteiger partial charge in [0.05, 0.1) is 5.69 Å². The maximum atomic E-state index is 12.1. The number of hydrogen-bond acceptors (Lipinski definition) is 3. The Bertz CT molecular complexity index is 548. The molecule has 1 amide bonds. The van der Waals surface area contributed by atoms with Gasteiger partial charge in [-0.1, -0.05) is 13.3 Å². The molecular formula is C14H18N4O. The van der Waals surface area contributed by atoms with E-state index in [1.165, 1.54) is 0 Å². The Kier molecular flexibility index (Phi) is 4.28. The zero-order chi connectivity index (χ0) is 13.7. The minimum atomic E-state index is -0.103. The predicted molar refractivity (Wildman–Crippen MR) is 72.6 cm³/mol. The standard InChI is InChI=1S/C14H18N4O/c1-3-4-12-9-13(18(2)17-12)14(19)16-10-11-5-7-15-8-6-11/h5-9H,3-4,10H2,1-2H3,(H,16,19). The first kappa shape index (κ1) is 13.3. The van der Waals surface area contributed by atoms with Crippen molar-refractivity contribution in [2.75, 3.05) is 0 Å². The summed E-state index contributed by atoms with van der Waals surface area (Å²) in [6.45, 7) is 2.59. The third kappa shape index (κ3) is 3.40. The van der Waals surface area contributed by atoms with Crippen LogP contribution in [0.2, 0.25) is 0 Å². The molecule has 0 spiro atoms. The van der Waals surface area contributed by atoms with Gasteiger partial charge in [0.2, 0.25) is 0 Å². The maximum Gasteiger partial charge on any atom is 0.269 e. The molecule has 19 heavy (non-hydrogen) atoms. The second-order valence-electron chi connectivity index (χ2n) is 4.43. The quantitative estimate of drug-likeness (QED) is 0.888. The first-order valence-electron chi connectivity index (χ1n) is 6.40.